The van der Waals surface area contributed by atoms with E-state index in [4.69, 9.17) is 5.26 Å². The molecule has 2 amide bonds. The molecule has 0 saturated heterocycles. The van der Waals surface area contributed by atoms with Crippen molar-refractivity contribution in [2.24, 2.45) is 11.3 Å². The van der Waals surface area contributed by atoms with E-state index in [-0.39, 0.29) is 29.5 Å². The summed E-state index contributed by atoms with van der Waals surface area (Å²) in [6, 6.07) is 16.2. The third kappa shape index (κ3) is 3.88. The van der Waals surface area contributed by atoms with Crippen molar-refractivity contribution in [2.75, 3.05) is 16.8 Å². The Morgan fingerprint density at radius 2 is 1.92 bits per heavy atom. The van der Waals surface area contributed by atoms with E-state index in [0.29, 0.717) is 49.3 Å². The molecule has 37 heavy (non-hydrogen) atoms. The highest BCUT2D eigenvalue weighted by Crippen LogP contribution is 2.67. The number of aromatic nitrogens is 2. The highest BCUT2D eigenvalue weighted by molar-refractivity contribution is 6.15. The van der Waals surface area contributed by atoms with Crippen molar-refractivity contribution >= 4 is 23.2 Å². The lowest BCUT2D eigenvalue weighted by atomic mass is 9.49. The lowest BCUT2D eigenvalue weighted by Crippen LogP contribution is -2.58. The van der Waals surface area contributed by atoms with Gasteiger partial charge in [-0.3, -0.25) is 14.3 Å². The van der Waals surface area contributed by atoms with Crippen LogP contribution in [0.1, 0.15) is 57.7 Å². The molecule has 2 aliphatic carbocycles. The van der Waals surface area contributed by atoms with Gasteiger partial charge in [-0.15, -0.1) is 0 Å². The fourth-order valence-electron chi connectivity index (χ4n) is 5.99. The second-order valence-corrected chi connectivity index (χ2v) is 10.4. The van der Waals surface area contributed by atoms with Crippen LogP contribution >= 0.6 is 0 Å². The number of alkyl halides is 2. The highest BCUT2D eigenvalue weighted by atomic mass is 19.3. The zero-order valence-corrected chi connectivity index (χ0v) is 20.1. The summed E-state index contributed by atoms with van der Waals surface area (Å²) in [4.78, 5) is 28.0. The molecule has 2 saturated carbocycles. The van der Waals surface area contributed by atoms with Crippen molar-refractivity contribution in [1.29, 1.82) is 5.26 Å². The maximum absolute atomic E-state index is 13.9. The van der Waals surface area contributed by atoms with E-state index in [1.54, 1.807) is 29.2 Å². The van der Waals surface area contributed by atoms with Gasteiger partial charge in [-0.2, -0.15) is 10.4 Å². The molecular formula is C28H25F2N5O2. The fourth-order valence-corrected chi connectivity index (χ4v) is 5.99. The third-order valence-electron chi connectivity index (χ3n) is 8.14. The van der Waals surface area contributed by atoms with E-state index < -0.39 is 17.2 Å². The van der Waals surface area contributed by atoms with Crippen molar-refractivity contribution in [3.8, 4) is 6.07 Å². The predicted octanol–water partition coefficient (Wildman–Crippen LogP) is 5.04. The molecule has 1 aromatic heterocycles. The molecule has 0 radical (unpaired) electrons. The number of nitrogens with zero attached hydrogens (tertiary/aromatic N) is 4. The number of amides is 2. The number of fused-ring (bicyclic) bond motifs is 1. The Labute approximate surface area is 212 Å². The zero-order valence-electron chi connectivity index (χ0n) is 20.1. The normalized spacial score (nSPS) is 23.5. The summed E-state index contributed by atoms with van der Waals surface area (Å²) in [6.45, 7) is 0.858. The van der Waals surface area contributed by atoms with Crippen LogP contribution < -0.4 is 10.2 Å². The van der Waals surface area contributed by atoms with Crippen molar-refractivity contribution in [2.45, 2.75) is 44.6 Å². The first-order chi connectivity index (χ1) is 17.8. The summed E-state index contributed by atoms with van der Waals surface area (Å²) in [5, 5.41) is 16.1. The number of carbonyl (C=O) groups is 2. The van der Waals surface area contributed by atoms with Crippen LogP contribution in [0.15, 0.2) is 54.7 Å². The SMILES string of the molecule is N#Cc1cccc(NC(=O)c2cnn3c2C(=O)N(c2ccc(CC4CC5(CCC5(F)F)C4)cc2)CC3)c1. The number of hydrogen-bond acceptors (Lipinski definition) is 4. The Morgan fingerprint density at radius 3 is 2.59 bits per heavy atom. The van der Waals surface area contributed by atoms with Gasteiger partial charge >= 0.3 is 0 Å². The van der Waals surface area contributed by atoms with E-state index in [1.807, 2.05) is 30.3 Å². The van der Waals surface area contributed by atoms with Gasteiger partial charge in [-0.25, -0.2) is 8.78 Å². The number of rotatable bonds is 5. The summed E-state index contributed by atoms with van der Waals surface area (Å²) < 4.78 is 29.3. The molecule has 9 heteroatoms. The topological polar surface area (TPSA) is 91.0 Å². The number of nitrogens with one attached hydrogen (secondary N) is 1. The van der Waals surface area contributed by atoms with Crippen LogP contribution in [0.2, 0.25) is 0 Å². The highest BCUT2D eigenvalue weighted by Gasteiger charge is 2.66. The Kier molecular flexibility index (Phi) is 5.37. The summed E-state index contributed by atoms with van der Waals surface area (Å²) in [7, 11) is 0. The maximum atomic E-state index is 13.9. The second kappa shape index (κ2) is 8.51. The zero-order chi connectivity index (χ0) is 25.8. The molecule has 2 heterocycles. The average molecular weight is 502 g/mol. The molecule has 0 atom stereocenters. The van der Waals surface area contributed by atoms with Gasteiger partial charge in [0.2, 0.25) is 0 Å². The Bertz CT molecular complexity index is 1430. The number of hydrogen-bond donors (Lipinski definition) is 1. The Hall–Kier alpha value is -4.06. The maximum Gasteiger partial charge on any atom is 0.277 e. The van der Waals surface area contributed by atoms with Gasteiger partial charge < -0.3 is 10.2 Å². The van der Waals surface area contributed by atoms with E-state index in [2.05, 4.69) is 10.4 Å². The third-order valence-corrected chi connectivity index (χ3v) is 8.14. The number of benzene rings is 2. The lowest BCUT2D eigenvalue weighted by molar-refractivity contribution is -0.253. The standard InChI is InChI=1S/C28H25F2N5O2/c29-28(30)9-8-27(28)14-20(15-27)12-18-4-6-22(7-5-18)34-10-11-35-24(26(34)37)23(17-32-35)25(36)33-21-3-1-2-19(13-21)16-31/h1-7,13,17,20H,8-12,14-15H2,(H,33,36). The minimum absolute atomic E-state index is 0.0228. The lowest BCUT2D eigenvalue weighted by Gasteiger charge is -2.59. The molecule has 7 nitrogen and oxygen atoms in total. The molecule has 0 unspecified atom stereocenters. The molecule has 1 aliphatic heterocycles. The van der Waals surface area contributed by atoms with Crippen LogP contribution in [0.5, 0.6) is 0 Å². The summed E-state index contributed by atoms with van der Waals surface area (Å²) >= 11 is 0. The summed E-state index contributed by atoms with van der Waals surface area (Å²) in [6.07, 6.45) is 3.98. The van der Waals surface area contributed by atoms with Gasteiger partial charge in [-0.1, -0.05) is 18.2 Å². The molecule has 3 aliphatic rings. The number of carbonyl (C=O) groups excluding carboxylic acids is 2. The fraction of sp³-hybridized carbons (Fsp3) is 0.357. The monoisotopic (exact) mass is 501 g/mol. The van der Waals surface area contributed by atoms with E-state index in [9.17, 15) is 18.4 Å². The molecule has 2 fully saturated rings. The number of halogens is 2. The molecule has 2 aromatic carbocycles. The Balaban J connectivity index is 1.14. The molecule has 0 bridgehead atoms. The van der Waals surface area contributed by atoms with Crippen LogP contribution in [0.3, 0.4) is 0 Å². The molecule has 188 valence electrons. The van der Waals surface area contributed by atoms with Gasteiger partial charge in [0.15, 0.2) is 0 Å². The molecule has 6 rings (SSSR count). The van der Waals surface area contributed by atoms with Crippen LogP contribution in [0.25, 0.3) is 0 Å². The van der Waals surface area contributed by atoms with Gasteiger partial charge in [0.25, 0.3) is 17.7 Å². The second-order valence-electron chi connectivity index (χ2n) is 10.4. The van der Waals surface area contributed by atoms with E-state index in [0.717, 1.165) is 12.0 Å². The van der Waals surface area contributed by atoms with Gasteiger partial charge in [-0.05, 0) is 67.5 Å². The molecule has 3 aromatic rings. The van der Waals surface area contributed by atoms with Gasteiger partial charge in [0.05, 0.1) is 29.9 Å². The first-order valence-electron chi connectivity index (χ1n) is 12.4. The van der Waals surface area contributed by atoms with Gasteiger partial charge in [0.1, 0.15) is 5.69 Å². The largest absolute Gasteiger partial charge is 0.322 e. The smallest absolute Gasteiger partial charge is 0.277 e. The van der Waals surface area contributed by atoms with Crippen LogP contribution in [0.4, 0.5) is 20.2 Å². The van der Waals surface area contributed by atoms with Crippen molar-refractivity contribution in [3.05, 3.63) is 77.1 Å². The van der Waals surface area contributed by atoms with Crippen LogP contribution in [-0.4, -0.2) is 34.1 Å². The van der Waals surface area contributed by atoms with Crippen molar-refractivity contribution < 1.29 is 18.4 Å². The van der Waals surface area contributed by atoms with Crippen LogP contribution in [0, 0.1) is 22.7 Å². The van der Waals surface area contributed by atoms with E-state index >= 15 is 0 Å². The quantitative estimate of drug-likeness (QED) is 0.531. The predicted molar refractivity (Wildman–Crippen MR) is 132 cm³/mol. The van der Waals surface area contributed by atoms with E-state index in [1.165, 1.54) is 10.9 Å². The Morgan fingerprint density at radius 1 is 1.14 bits per heavy atom. The van der Waals surface area contributed by atoms with Crippen LogP contribution in [-0.2, 0) is 13.0 Å². The minimum Gasteiger partial charge on any atom is -0.322 e. The van der Waals surface area contributed by atoms with Crippen molar-refractivity contribution in [1.82, 2.24) is 9.78 Å². The first kappa shape index (κ1) is 23.3. The molecular weight excluding hydrogens is 476 g/mol. The number of nitriles is 1. The average Bonchev–Trinajstić information content (AvgIpc) is 3.31. The summed E-state index contributed by atoms with van der Waals surface area (Å²) in [5.74, 6) is -3.01. The summed E-state index contributed by atoms with van der Waals surface area (Å²) in [5.41, 5.74) is 2.29. The minimum atomic E-state index is -2.50. The molecule has 1 N–H and O–H groups in total. The first-order valence-corrected chi connectivity index (χ1v) is 12.4. The number of anilines is 2. The van der Waals surface area contributed by atoms with Crippen molar-refractivity contribution in [3.63, 3.8) is 0 Å². The van der Waals surface area contributed by atoms with Gasteiger partial charge in [0, 0.05) is 29.8 Å². The molecule has 1 spiro atoms.